The van der Waals surface area contributed by atoms with Crippen LogP contribution in [0.4, 0.5) is 0 Å². The van der Waals surface area contributed by atoms with Crippen molar-refractivity contribution in [2.45, 2.75) is 26.4 Å². The summed E-state index contributed by atoms with van der Waals surface area (Å²) in [6.45, 7) is 3.76. The first kappa shape index (κ1) is 18.8. The molecule has 0 saturated heterocycles. The van der Waals surface area contributed by atoms with Gasteiger partial charge in [-0.1, -0.05) is 13.0 Å². The van der Waals surface area contributed by atoms with Crippen molar-refractivity contribution >= 4 is 41.3 Å². The average Bonchev–Trinajstić information content (AvgIpc) is 3.23. The molecule has 2 aromatic rings. The molecule has 0 radical (unpaired) electrons. The highest BCUT2D eigenvalue weighted by atomic mass is 127. The van der Waals surface area contributed by atoms with Crippen molar-refractivity contribution in [1.29, 1.82) is 0 Å². The van der Waals surface area contributed by atoms with Crippen LogP contribution in [0, 0.1) is 0 Å². The molecule has 0 unspecified atom stereocenters. The first-order valence-corrected chi connectivity index (χ1v) is 8.36. The Kier molecular flexibility index (Phi) is 7.10. The molecule has 0 atom stereocenters. The molecule has 0 saturated carbocycles. The molecule has 2 N–H and O–H groups in total. The molecule has 24 heavy (non-hydrogen) atoms. The van der Waals surface area contributed by atoms with Gasteiger partial charge in [-0.25, -0.2) is 4.98 Å². The van der Waals surface area contributed by atoms with Crippen LogP contribution >= 0.6 is 35.3 Å². The minimum absolute atomic E-state index is 0. The van der Waals surface area contributed by atoms with Crippen LogP contribution in [0.15, 0.2) is 29.4 Å². The number of nitrogens with one attached hydrogen (secondary N) is 2. The van der Waals surface area contributed by atoms with Gasteiger partial charge in [0.15, 0.2) is 17.5 Å². The second-order valence-electron chi connectivity index (χ2n) is 5.04. The van der Waals surface area contributed by atoms with Gasteiger partial charge in [0.1, 0.15) is 5.01 Å². The third-order valence-electron chi connectivity index (χ3n) is 3.48. The molecule has 0 fully saturated rings. The Morgan fingerprint density at radius 2 is 2.04 bits per heavy atom. The van der Waals surface area contributed by atoms with E-state index in [1.165, 1.54) is 4.88 Å². The number of aryl methyl sites for hydroxylation is 1. The van der Waals surface area contributed by atoms with Crippen molar-refractivity contribution in [2.75, 3.05) is 13.8 Å². The Balaban J connectivity index is 0.00000208. The molecule has 6 nitrogen and oxygen atoms in total. The lowest BCUT2D eigenvalue weighted by molar-refractivity contribution is 0.174. The van der Waals surface area contributed by atoms with Gasteiger partial charge >= 0.3 is 0 Å². The van der Waals surface area contributed by atoms with Crippen molar-refractivity contribution in [1.82, 2.24) is 15.6 Å². The summed E-state index contributed by atoms with van der Waals surface area (Å²) in [5.74, 6) is 2.34. The van der Waals surface area contributed by atoms with Crippen LogP contribution in [0.5, 0.6) is 11.5 Å². The maximum atomic E-state index is 5.39. The van der Waals surface area contributed by atoms with E-state index >= 15 is 0 Å². The van der Waals surface area contributed by atoms with Crippen LogP contribution in [0.1, 0.15) is 22.4 Å². The minimum atomic E-state index is 0. The molecule has 130 valence electrons. The van der Waals surface area contributed by atoms with E-state index in [2.05, 4.69) is 27.5 Å². The summed E-state index contributed by atoms with van der Waals surface area (Å²) >= 11 is 1.73. The summed E-state index contributed by atoms with van der Waals surface area (Å²) in [6.07, 6.45) is 2.96. The molecule has 0 aliphatic carbocycles. The van der Waals surface area contributed by atoms with Gasteiger partial charge in [0.2, 0.25) is 6.79 Å². The number of guanidine groups is 1. The summed E-state index contributed by atoms with van der Waals surface area (Å²) in [6, 6.07) is 5.93. The first-order valence-electron chi connectivity index (χ1n) is 7.55. The average molecular weight is 460 g/mol. The van der Waals surface area contributed by atoms with Gasteiger partial charge in [0.25, 0.3) is 0 Å². The Bertz CT molecular complexity index is 705. The van der Waals surface area contributed by atoms with Gasteiger partial charge in [-0.3, -0.25) is 4.99 Å². The quantitative estimate of drug-likeness (QED) is 0.408. The maximum Gasteiger partial charge on any atom is 0.231 e. The van der Waals surface area contributed by atoms with Crippen molar-refractivity contribution in [2.24, 2.45) is 4.99 Å². The second kappa shape index (κ2) is 9.07. The van der Waals surface area contributed by atoms with E-state index in [1.54, 1.807) is 18.4 Å². The van der Waals surface area contributed by atoms with Gasteiger partial charge < -0.3 is 20.1 Å². The molecule has 0 bridgehead atoms. The third kappa shape index (κ3) is 4.73. The molecule has 1 aromatic heterocycles. The van der Waals surface area contributed by atoms with Crippen LogP contribution in [-0.2, 0) is 19.5 Å². The van der Waals surface area contributed by atoms with E-state index in [-0.39, 0.29) is 24.0 Å². The van der Waals surface area contributed by atoms with E-state index in [0.29, 0.717) is 19.9 Å². The number of hydrogen-bond donors (Lipinski definition) is 2. The number of ether oxygens (including phenoxy) is 2. The molecule has 0 amide bonds. The number of thiazole rings is 1. The fraction of sp³-hybridized carbons (Fsp3) is 0.375. The number of rotatable bonds is 5. The zero-order valence-electron chi connectivity index (χ0n) is 13.7. The Morgan fingerprint density at radius 3 is 2.79 bits per heavy atom. The lowest BCUT2D eigenvalue weighted by atomic mass is 10.2. The molecule has 1 aliphatic heterocycles. The van der Waals surface area contributed by atoms with Crippen molar-refractivity contribution in [3.05, 3.63) is 39.8 Å². The summed E-state index contributed by atoms with van der Waals surface area (Å²) in [5.41, 5.74) is 1.11. The predicted octanol–water partition coefficient (Wildman–Crippen LogP) is 2.92. The van der Waals surface area contributed by atoms with E-state index in [0.717, 1.165) is 34.5 Å². The Hall–Kier alpha value is -1.55. The van der Waals surface area contributed by atoms with Gasteiger partial charge in [-0.05, 0) is 24.1 Å². The minimum Gasteiger partial charge on any atom is -0.454 e. The van der Waals surface area contributed by atoms with Gasteiger partial charge in [0, 0.05) is 24.7 Å². The number of halogens is 1. The Morgan fingerprint density at radius 1 is 1.25 bits per heavy atom. The maximum absolute atomic E-state index is 5.39. The van der Waals surface area contributed by atoms with E-state index < -0.39 is 0 Å². The summed E-state index contributed by atoms with van der Waals surface area (Å²) in [7, 11) is 1.76. The number of aliphatic imine (C=N–C) groups is 1. The summed E-state index contributed by atoms with van der Waals surface area (Å²) in [4.78, 5) is 9.92. The van der Waals surface area contributed by atoms with E-state index in [9.17, 15) is 0 Å². The summed E-state index contributed by atoms with van der Waals surface area (Å²) < 4.78 is 10.7. The van der Waals surface area contributed by atoms with Crippen LogP contribution in [0.25, 0.3) is 0 Å². The van der Waals surface area contributed by atoms with Gasteiger partial charge in [0.05, 0.1) is 6.54 Å². The Labute approximate surface area is 162 Å². The highest BCUT2D eigenvalue weighted by Gasteiger charge is 2.13. The zero-order chi connectivity index (χ0) is 16.1. The third-order valence-corrected chi connectivity index (χ3v) is 4.62. The fourth-order valence-corrected chi connectivity index (χ4v) is 3.01. The highest BCUT2D eigenvalue weighted by Crippen LogP contribution is 2.32. The van der Waals surface area contributed by atoms with Crippen molar-refractivity contribution in [3.63, 3.8) is 0 Å². The number of benzene rings is 1. The van der Waals surface area contributed by atoms with Crippen LogP contribution in [-0.4, -0.2) is 24.8 Å². The van der Waals surface area contributed by atoms with Crippen molar-refractivity contribution in [3.8, 4) is 11.5 Å². The van der Waals surface area contributed by atoms with Crippen LogP contribution in [0.2, 0.25) is 0 Å². The molecule has 2 heterocycles. The number of hydrogen-bond acceptors (Lipinski definition) is 5. The van der Waals surface area contributed by atoms with Gasteiger partial charge in [-0.2, -0.15) is 0 Å². The zero-order valence-corrected chi connectivity index (χ0v) is 16.8. The van der Waals surface area contributed by atoms with Crippen LogP contribution in [0.3, 0.4) is 0 Å². The molecular formula is C16H21IN4O2S. The normalized spacial score (nSPS) is 12.7. The summed E-state index contributed by atoms with van der Waals surface area (Å²) in [5, 5.41) is 7.63. The largest absolute Gasteiger partial charge is 0.454 e. The standard InChI is InChI=1S/C16H20N4O2S.HI/c1-3-12-8-18-15(23-12)9-20-16(17-2)19-7-11-4-5-13-14(6-11)22-10-21-13;/h4-6,8H,3,7,9-10H2,1-2H3,(H2,17,19,20);1H. The lowest BCUT2D eigenvalue weighted by Crippen LogP contribution is -2.36. The fourth-order valence-electron chi connectivity index (χ4n) is 2.21. The highest BCUT2D eigenvalue weighted by molar-refractivity contribution is 14.0. The first-order chi connectivity index (χ1) is 11.3. The molecule has 8 heteroatoms. The number of aromatic nitrogens is 1. The molecular weight excluding hydrogens is 439 g/mol. The topological polar surface area (TPSA) is 67.8 Å². The molecule has 0 spiro atoms. The number of fused-ring (bicyclic) bond motifs is 1. The molecule has 1 aromatic carbocycles. The smallest absolute Gasteiger partial charge is 0.231 e. The molecule has 3 rings (SSSR count). The SMILES string of the molecule is CCc1cnc(CNC(=NC)NCc2ccc3c(c2)OCO3)s1.I. The van der Waals surface area contributed by atoms with Gasteiger partial charge in [-0.15, -0.1) is 35.3 Å². The number of nitrogens with zero attached hydrogens (tertiary/aromatic N) is 2. The van der Waals surface area contributed by atoms with Crippen LogP contribution < -0.4 is 20.1 Å². The second-order valence-corrected chi connectivity index (χ2v) is 6.24. The lowest BCUT2D eigenvalue weighted by Gasteiger charge is -2.11. The molecule has 1 aliphatic rings. The predicted molar refractivity (Wildman–Crippen MR) is 107 cm³/mol. The monoisotopic (exact) mass is 460 g/mol. The van der Waals surface area contributed by atoms with E-state index in [1.807, 2.05) is 24.4 Å². The van der Waals surface area contributed by atoms with E-state index in [4.69, 9.17) is 9.47 Å². The van der Waals surface area contributed by atoms with Crippen molar-refractivity contribution < 1.29 is 9.47 Å².